The van der Waals surface area contributed by atoms with Crippen molar-refractivity contribution in [3.63, 3.8) is 0 Å². The predicted octanol–water partition coefficient (Wildman–Crippen LogP) is 23.8. The number of hydrogen-bond donors (Lipinski definition) is 0. The molecule has 0 bridgehead atoms. The molecule has 0 radical (unpaired) electrons. The summed E-state index contributed by atoms with van der Waals surface area (Å²) in [5.41, 5.74) is 0. The molecule has 0 rings (SSSR count). The molecular formula is C74H130O6. The maximum Gasteiger partial charge on any atom is 0.306 e. The van der Waals surface area contributed by atoms with E-state index in [9.17, 15) is 14.4 Å². The summed E-state index contributed by atoms with van der Waals surface area (Å²) in [6.07, 6.45) is 90.2. The van der Waals surface area contributed by atoms with Crippen LogP contribution >= 0.6 is 0 Å². The summed E-state index contributed by atoms with van der Waals surface area (Å²) in [7, 11) is 0. The van der Waals surface area contributed by atoms with Crippen molar-refractivity contribution in [2.24, 2.45) is 0 Å². The number of esters is 3. The lowest BCUT2D eigenvalue weighted by molar-refractivity contribution is -0.167. The van der Waals surface area contributed by atoms with E-state index in [1.54, 1.807) is 0 Å². The predicted molar refractivity (Wildman–Crippen MR) is 348 cm³/mol. The van der Waals surface area contributed by atoms with Gasteiger partial charge in [-0.25, -0.2) is 0 Å². The highest BCUT2D eigenvalue weighted by Gasteiger charge is 2.19. The van der Waals surface area contributed by atoms with Gasteiger partial charge in [0.1, 0.15) is 13.2 Å². The zero-order chi connectivity index (χ0) is 57.8. The summed E-state index contributed by atoms with van der Waals surface area (Å²) in [5.74, 6) is -0.880. The number of allylic oxidation sites excluding steroid dienone is 14. The number of ether oxygens (including phenoxy) is 3. The highest BCUT2D eigenvalue weighted by molar-refractivity contribution is 5.71. The van der Waals surface area contributed by atoms with Crippen molar-refractivity contribution in [3.05, 3.63) is 85.1 Å². The second-order valence-electron chi connectivity index (χ2n) is 23.1. The second kappa shape index (κ2) is 68.1. The Morgan fingerprint density at radius 1 is 0.263 bits per heavy atom. The fourth-order valence-corrected chi connectivity index (χ4v) is 9.97. The van der Waals surface area contributed by atoms with E-state index >= 15 is 0 Å². The molecule has 0 aliphatic rings. The van der Waals surface area contributed by atoms with Crippen molar-refractivity contribution in [2.45, 2.75) is 354 Å². The van der Waals surface area contributed by atoms with Crippen LogP contribution in [0.25, 0.3) is 0 Å². The van der Waals surface area contributed by atoms with Crippen LogP contribution < -0.4 is 0 Å². The van der Waals surface area contributed by atoms with E-state index in [1.807, 2.05) is 0 Å². The largest absolute Gasteiger partial charge is 0.462 e. The number of unbranched alkanes of at least 4 members (excludes halogenated alkanes) is 38. The van der Waals surface area contributed by atoms with E-state index in [-0.39, 0.29) is 31.1 Å². The van der Waals surface area contributed by atoms with Crippen molar-refractivity contribution in [1.29, 1.82) is 0 Å². The molecule has 0 fully saturated rings. The van der Waals surface area contributed by atoms with Crippen LogP contribution in [0.3, 0.4) is 0 Å². The molecule has 0 aromatic rings. The fraction of sp³-hybridized carbons (Fsp3) is 0.770. The molecule has 6 nitrogen and oxygen atoms in total. The monoisotopic (exact) mass is 1110 g/mol. The van der Waals surface area contributed by atoms with Gasteiger partial charge < -0.3 is 14.2 Å². The normalized spacial score (nSPS) is 12.6. The molecule has 0 heterocycles. The van der Waals surface area contributed by atoms with Gasteiger partial charge >= 0.3 is 17.9 Å². The van der Waals surface area contributed by atoms with Crippen LogP contribution in [0, 0.1) is 0 Å². The molecular weight excluding hydrogens is 985 g/mol. The van der Waals surface area contributed by atoms with Crippen LogP contribution in [0.4, 0.5) is 0 Å². The van der Waals surface area contributed by atoms with Gasteiger partial charge in [-0.2, -0.15) is 0 Å². The average Bonchev–Trinajstić information content (AvgIpc) is 3.46. The Kier molecular flexibility index (Phi) is 65.2. The summed E-state index contributed by atoms with van der Waals surface area (Å²) in [6, 6.07) is 0. The highest BCUT2D eigenvalue weighted by Crippen LogP contribution is 2.17. The first-order chi connectivity index (χ1) is 39.5. The highest BCUT2D eigenvalue weighted by atomic mass is 16.6. The lowest BCUT2D eigenvalue weighted by Gasteiger charge is -2.18. The third-order valence-electron chi connectivity index (χ3n) is 15.1. The number of rotatable bonds is 63. The zero-order valence-corrected chi connectivity index (χ0v) is 53.1. The van der Waals surface area contributed by atoms with Gasteiger partial charge in [0.15, 0.2) is 6.10 Å². The molecule has 0 aliphatic carbocycles. The van der Waals surface area contributed by atoms with Crippen molar-refractivity contribution < 1.29 is 28.6 Å². The van der Waals surface area contributed by atoms with E-state index in [0.29, 0.717) is 19.3 Å². The Hall–Kier alpha value is -3.41. The molecule has 0 saturated carbocycles. The van der Waals surface area contributed by atoms with Gasteiger partial charge in [0.25, 0.3) is 0 Å². The van der Waals surface area contributed by atoms with Gasteiger partial charge in [0.2, 0.25) is 0 Å². The molecule has 1 unspecified atom stereocenters. The van der Waals surface area contributed by atoms with Crippen molar-refractivity contribution in [1.82, 2.24) is 0 Å². The Bertz CT molecular complexity index is 1520. The molecule has 0 aromatic carbocycles. The van der Waals surface area contributed by atoms with Gasteiger partial charge in [-0.05, 0) is 96.3 Å². The molecule has 0 saturated heterocycles. The molecule has 6 heteroatoms. The molecule has 0 aliphatic heterocycles. The lowest BCUT2D eigenvalue weighted by Crippen LogP contribution is -2.30. The molecule has 0 N–H and O–H groups in total. The van der Waals surface area contributed by atoms with Crippen molar-refractivity contribution in [3.8, 4) is 0 Å². The SMILES string of the molecule is CC/C=C\C/C=C\C/C=C\C/C=C\C/C=C\CCCCCCCCCC(=O)OCC(COC(=O)CCCCCCCCC/C=C\C/C=C\CCCCCC)OC(=O)CCCCCCCCCCCCCCCCCCCCCCC. The van der Waals surface area contributed by atoms with Gasteiger partial charge in [-0.1, -0.05) is 318 Å². The first-order valence-corrected chi connectivity index (χ1v) is 34.6. The number of carbonyl (C=O) groups excluding carboxylic acids is 3. The van der Waals surface area contributed by atoms with E-state index in [1.165, 1.54) is 199 Å². The molecule has 0 spiro atoms. The minimum absolute atomic E-state index is 0.0813. The quantitative estimate of drug-likeness (QED) is 0.0261. The number of hydrogen-bond acceptors (Lipinski definition) is 6. The Morgan fingerprint density at radius 2 is 0.487 bits per heavy atom. The fourth-order valence-electron chi connectivity index (χ4n) is 9.97. The smallest absolute Gasteiger partial charge is 0.306 e. The van der Waals surface area contributed by atoms with Crippen LogP contribution in [0.5, 0.6) is 0 Å². The average molecular weight is 1120 g/mol. The van der Waals surface area contributed by atoms with Gasteiger partial charge in [0.05, 0.1) is 0 Å². The zero-order valence-electron chi connectivity index (χ0n) is 53.1. The first kappa shape index (κ1) is 76.6. The Balaban J connectivity index is 4.38. The lowest BCUT2D eigenvalue weighted by atomic mass is 10.0. The maximum atomic E-state index is 13.0. The topological polar surface area (TPSA) is 78.9 Å². The summed E-state index contributed by atoms with van der Waals surface area (Å²) >= 11 is 0. The number of carbonyl (C=O) groups is 3. The summed E-state index contributed by atoms with van der Waals surface area (Å²) in [5, 5.41) is 0. The van der Waals surface area contributed by atoms with Crippen LogP contribution in [0.2, 0.25) is 0 Å². The van der Waals surface area contributed by atoms with Crippen molar-refractivity contribution >= 4 is 17.9 Å². The summed E-state index contributed by atoms with van der Waals surface area (Å²) in [6.45, 7) is 6.55. The summed E-state index contributed by atoms with van der Waals surface area (Å²) < 4.78 is 17.0. The maximum absolute atomic E-state index is 13.0. The van der Waals surface area contributed by atoms with E-state index < -0.39 is 6.10 Å². The third kappa shape index (κ3) is 65.4. The summed E-state index contributed by atoms with van der Waals surface area (Å²) in [4.78, 5) is 38.5. The minimum Gasteiger partial charge on any atom is -0.462 e. The second-order valence-corrected chi connectivity index (χ2v) is 23.1. The van der Waals surface area contributed by atoms with E-state index in [0.717, 1.165) is 109 Å². The molecule has 0 aromatic heterocycles. The van der Waals surface area contributed by atoms with E-state index in [2.05, 4.69) is 106 Å². The third-order valence-corrected chi connectivity index (χ3v) is 15.1. The van der Waals surface area contributed by atoms with E-state index in [4.69, 9.17) is 14.2 Å². The van der Waals surface area contributed by atoms with Gasteiger partial charge in [-0.15, -0.1) is 0 Å². The first-order valence-electron chi connectivity index (χ1n) is 34.6. The van der Waals surface area contributed by atoms with Crippen LogP contribution in [0.1, 0.15) is 348 Å². The Morgan fingerprint density at radius 3 is 0.775 bits per heavy atom. The molecule has 462 valence electrons. The van der Waals surface area contributed by atoms with Gasteiger partial charge in [-0.3, -0.25) is 14.4 Å². The molecule has 1 atom stereocenters. The van der Waals surface area contributed by atoms with Crippen LogP contribution in [-0.4, -0.2) is 37.2 Å². The standard InChI is InChI=1S/C74H130O6/c1-4-7-10-13-16-19-22-25-28-31-34-36-37-39-40-43-46-49-52-55-58-61-64-67-73(76)79-70-71(69-78-72(75)66-63-60-57-54-51-48-45-42-33-30-27-24-21-18-15-12-9-6-3)80-74(77)68-65-62-59-56-53-50-47-44-41-38-35-32-29-26-23-20-17-14-11-8-5-2/h7,10,16,19,21,24-25,28,30,33-34,36,39-40,71H,4-6,8-9,11-15,17-18,20,22-23,26-27,29,31-32,35,37-38,41-70H2,1-3H3/b10-7-,19-16-,24-21-,28-25-,33-30-,36-34-,40-39-. The molecule has 0 amide bonds. The van der Waals surface area contributed by atoms with Gasteiger partial charge in [0, 0.05) is 19.3 Å². The van der Waals surface area contributed by atoms with Crippen LogP contribution in [0.15, 0.2) is 85.1 Å². The van der Waals surface area contributed by atoms with Crippen molar-refractivity contribution in [2.75, 3.05) is 13.2 Å². The molecule has 80 heavy (non-hydrogen) atoms. The van der Waals surface area contributed by atoms with Crippen LogP contribution in [-0.2, 0) is 28.6 Å². The Labute approximate surface area is 496 Å². The minimum atomic E-state index is -0.786.